The van der Waals surface area contributed by atoms with Crippen molar-refractivity contribution in [3.05, 3.63) is 192 Å². The molecule has 9 rings (SSSR count). The van der Waals surface area contributed by atoms with Crippen LogP contribution in [-0.2, 0) is 5.41 Å². The van der Waals surface area contributed by atoms with Gasteiger partial charge in [0.2, 0.25) is 0 Å². The number of nitrogens with zero attached hydrogens (tertiary/aromatic N) is 3. The van der Waals surface area contributed by atoms with E-state index in [1.807, 2.05) is 24.4 Å². The van der Waals surface area contributed by atoms with Gasteiger partial charge in [-0.05, 0) is 128 Å². The van der Waals surface area contributed by atoms with E-state index in [-0.39, 0.29) is 28.4 Å². The third-order valence-corrected chi connectivity index (χ3v) is 12.6. The first kappa shape index (κ1) is 41.6. The second kappa shape index (κ2) is 16.5. The number of imidazole rings is 1. The number of rotatable bonds is 8. The van der Waals surface area contributed by atoms with Crippen LogP contribution in [0.3, 0.4) is 0 Å². The number of fused-ring (bicyclic) bond motifs is 1. The van der Waals surface area contributed by atoms with Crippen molar-refractivity contribution in [1.82, 2.24) is 14.5 Å². The van der Waals surface area contributed by atoms with E-state index in [0.29, 0.717) is 11.4 Å². The first-order valence-electron chi connectivity index (χ1n) is 22.3. The standard InChI is InChI=1S/C59H57N3O/c1-38(2)42-24-29-55(63)51(35-42)57-61-56-50(45-32-44(40-18-13-10-14-19-40)33-46(34-45)52-36-43(30-31-60-52)39-16-11-9-12-17-39)20-15-21-53(56)62(57)54-37-48(59(6,7)8)27-28-49(54)41-22-25-47(26-23-41)58(3,4)5/h9-22,24-38,41,63H,23H2,1-8H3. The molecule has 63 heavy (non-hydrogen) atoms. The number of benzene rings is 6. The van der Waals surface area contributed by atoms with Crippen molar-refractivity contribution in [2.45, 2.75) is 79.1 Å². The van der Waals surface area contributed by atoms with Crippen LogP contribution in [0.4, 0.5) is 0 Å². The Labute approximate surface area is 373 Å². The van der Waals surface area contributed by atoms with E-state index in [9.17, 15) is 5.11 Å². The number of aromatic nitrogens is 3. The summed E-state index contributed by atoms with van der Waals surface area (Å²) in [5, 5.41) is 11.8. The van der Waals surface area contributed by atoms with E-state index in [4.69, 9.17) is 9.97 Å². The highest BCUT2D eigenvalue weighted by Crippen LogP contribution is 2.44. The molecular weight excluding hydrogens is 767 g/mol. The van der Waals surface area contributed by atoms with Gasteiger partial charge in [0, 0.05) is 23.2 Å². The number of phenolic OH excluding ortho intramolecular Hbond substituents is 1. The summed E-state index contributed by atoms with van der Waals surface area (Å²) in [5.41, 5.74) is 17.0. The van der Waals surface area contributed by atoms with Crippen LogP contribution in [0.25, 0.3) is 72.7 Å². The van der Waals surface area contributed by atoms with Crippen LogP contribution in [0.5, 0.6) is 5.75 Å². The van der Waals surface area contributed by atoms with E-state index in [2.05, 4.69) is 206 Å². The van der Waals surface area contributed by atoms with Crippen molar-refractivity contribution in [3.63, 3.8) is 0 Å². The van der Waals surface area contributed by atoms with E-state index in [1.165, 1.54) is 16.7 Å². The maximum atomic E-state index is 11.8. The second-order valence-electron chi connectivity index (χ2n) is 19.5. The predicted molar refractivity (Wildman–Crippen MR) is 265 cm³/mol. The lowest BCUT2D eigenvalue weighted by Gasteiger charge is -2.28. The summed E-state index contributed by atoms with van der Waals surface area (Å²) in [6, 6.07) is 51.6. The Bertz CT molecular complexity index is 3030. The summed E-state index contributed by atoms with van der Waals surface area (Å²) in [7, 11) is 0. The molecule has 6 aromatic carbocycles. The minimum Gasteiger partial charge on any atom is -0.507 e. The van der Waals surface area contributed by atoms with Gasteiger partial charge >= 0.3 is 0 Å². The molecule has 0 saturated carbocycles. The number of hydrogen-bond acceptors (Lipinski definition) is 3. The van der Waals surface area contributed by atoms with Crippen molar-refractivity contribution in [1.29, 1.82) is 0 Å². The van der Waals surface area contributed by atoms with Crippen molar-refractivity contribution in [3.8, 4) is 67.5 Å². The fraction of sp³-hybridized carbons (Fsp3) is 0.220. The van der Waals surface area contributed by atoms with E-state index in [0.717, 1.165) is 73.3 Å². The molecule has 0 fully saturated rings. The minimum atomic E-state index is -0.101. The van der Waals surface area contributed by atoms with Crippen molar-refractivity contribution in [2.24, 2.45) is 5.41 Å². The topological polar surface area (TPSA) is 50.9 Å². The van der Waals surface area contributed by atoms with Crippen LogP contribution in [0, 0.1) is 5.41 Å². The number of hydrogen-bond donors (Lipinski definition) is 1. The Balaban J connectivity index is 1.31. The van der Waals surface area contributed by atoms with Gasteiger partial charge in [-0.1, -0.05) is 165 Å². The third kappa shape index (κ3) is 8.31. The van der Waals surface area contributed by atoms with E-state index >= 15 is 0 Å². The van der Waals surface area contributed by atoms with Crippen molar-refractivity contribution < 1.29 is 5.11 Å². The fourth-order valence-corrected chi connectivity index (χ4v) is 8.90. The number of allylic oxidation sites excluding steroid dienone is 4. The SMILES string of the molecule is CC(C)c1ccc(O)c(-c2nc3c(-c4cc(-c5ccccc5)cc(-c5cc(-c6ccccc6)ccn5)c4)cccc3n2-c2cc(C(C)(C)C)ccc2C2C=CC(C(C)(C)C)=CC2)c1. The average molecular weight is 824 g/mol. The molecule has 0 bridgehead atoms. The predicted octanol–water partition coefficient (Wildman–Crippen LogP) is 15.9. The lowest BCUT2D eigenvalue weighted by Crippen LogP contribution is -2.15. The molecule has 4 nitrogen and oxygen atoms in total. The zero-order valence-corrected chi connectivity index (χ0v) is 37.8. The molecule has 314 valence electrons. The minimum absolute atomic E-state index is 0.0713. The van der Waals surface area contributed by atoms with E-state index < -0.39 is 0 Å². The molecule has 0 spiro atoms. The molecule has 8 aromatic rings. The zero-order chi connectivity index (χ0) is 44.0. The number of para-hydroxylation sites is 1. The monoisotopic (exact) mass is 823 g/mol. The quantitative estimate of drug-likeness (QED) is 0.166. The van der Waals surface area contributed by atoms with Crippen LogP contribution in [0.2, 0.25) is 0 Å². The summed E-state index contributed by atoms with van der Waals surface area (Å²) in [6.07, 6.45) is 9.93. The Kier molecular flexibility index (Phi) is 10.9. The van der Waals surface area contributed by atoms with E-state index in [1.54, 1.807) is 0 Å². The molecule has 1 atom stereocenters. The van der Waals surface area contributed by atoms with Crippen LogP contribution in [-0.4, -0.2) is 19.6 Å². The maximum absolute atomic E-state index is 11.8. The Morgan fingerprint density at radius 3 is 1.98 bits per heavy atom. The molecule has 1 aliphatic rings. The number of phenols is 1. The van der Waals surface area contributed by atoms with Crippen LogP contribution in [0.15, 0.2) is 176 Å². The van der Waals surface area contributed by atoms with Crippen molar-refractivity contribution >= 4 is 11.0 Å². The molecule has 2 heterocycles. The summed E-state index contributed by atoms with van der Waals surface area (Å²) in [6.45, 7) is 18.0. The highest BCUT2D eigenvalue weighted by Gasteiger charge is 2.27. The average Bonchev–Trinajstić information content (AvgIpc) is 3.68. The smallest absolute Gasteiger partial charge is 0.149 e. The molecule has 0 saturated heterocycles. The van der Waals surface area contributed by atoms with Gasteiger partial charge < -0.3 is 5.11 Å². The van der Waals surface area contributed by atoms with Crippen molar-refractivity contribution in [2.75, 3.05) is 0 Å². The Morgan fingerprint density at radius 1 is 0.619 bits per heavy atom. The molecule has 2 aromatic heterocycles. The summed E-state index contributed by atoms with van der Waals surface area (Å²) < 4.78 is 2.33. The van der Waals surface area contributed by atoms with Gasteiger partial charge in [-0.25, -0.2) is 4.98 Å². The Morgan fingerprint density at radius 2 is 1.32 bits per heavy atom. The first-order chi connectivity index (χ1) is 30.2. The fourth-order valence-electron chi connectivity index (χ4n) is 8.90. The molecule has 1 N–H and O–H groups in total. The van der Waals surface area contributed by atoms with Crippen LogP contribution < -0.4 is 0 Å². The largest absolute Gasteiger partial charge is 0.507 e. The summed E-state index contributed by atoms with van der Waals surface area (Å²) in [4.78, 5) is 10.6. The zero-order valence-electron chi connectivity index (χ0n) is 37.8. The van der Waals surface area contributed by atoms with Gasteiger partial charge in [-0.3, -0.25) is 9.55 Å². The second-order valence-corrected chi connectivity index (χ2v) is 19.5. The van der Waals surface area contributed by atoms with Crippen LogP contribution in [0.1, 0.15) is 90.3 Å². The highest BCUT2D eigenvalue weighted by atomic mass is 16.3. The molecule has 0 radical (unpaired) electrons. The lowest BCUT2D eigenvalue weighted by atomic mass is 9.79. The van der Waals surface area contributed by atoms with Gasteiger partial charge in [0.1, 0.15) is 11.6 Å². The molecule has 0 amide bonds. The molecule has 1 aliphatic carbocycles. The third-order valence-electron chi connectivity index (χ3n) is 12.6. The molecular formula is C59H57N3O. The molecule has 4 heteroatoms. The summed E-state index contributed by atoms with van der Waals surface area (Å²) >= 11 is 0. The number of pyridine rings is 1. The lowest BCUT2D eigenvalue weighted by molar-refractivity contribution is 0.476. The van der Waals surface area contributed by atoms with Gasteiger partial charge in [-0.2, -0.15) is 0 Å². The van der Waals surface area contributed by atoms with Gasteiger partial charge in [0.15, 0.2) is 0 Å². The van der Waals surface area contributed by atoms with Gasteiger partial charge in [0.25, 0.3) is 0 Å². The maximum Gasteiger partial charge on any atom is 0.149 e. The normalized spacial score (nSPS) is 14.4. The molecule has 1 unspecified atom stereocenters. The highest BCUT2D eigenvalue weighted by molar-refractivity contribution is 5.98. The Hall–Kier alpha value is -6.78. The van der Waals surface area contributed by atoms with Gasteiger partial charge in [0.05, 0.1) is 28.0 Å². The van der Waals surface area contributed by atoms with Gasteiger partial charge in [-0.15, -0.1) is 0 Å². The first-order valence-corrected chi connectivity index (χ1v) is 22.3. The van der Waals surface area contributed by atoms with Crippen LogP contribution >= 0.6 is 0 Å². The molecule has 0 aliphatic heterocycles. The summed E-state index contributed by atoms with van der Waals surface area (Å²) in [5.74, 6) is 1.35. The number of aromatic hydroxyl groups is 1.